The third-order valence-corrected chi connectivity index (χ3v) is 3.15. The number of nitrogens with zero attached hydrogens (tertiary/aromatic N) is 1. The van der Waals surface area contributed by atoms with Gasteiger partial charge in [-0.3, -0.25) is 9.59 Å². The molecule has 0 saturated carbocycles. The number of carbonyl (C=O) groups excluding carboxylic acids is 1. The number of aryl methyl sites for hydroxylation is 1. The molecular formula is C14H14ClN3O2. The number of amides is 1. The highest BCUT2D eigenvalue weighted by atomic mass is 35.5. The van der Waals surface area contributed by atoms with E-state index < -0.39 is 0 Å². The molecule has 5 nitrogen and oxygen atoms in total. The molecule has 1 heterocycles. The van der Waals surface area contributed by atoms with Crippen molar-refractivity contribution in [3.63, 3.8) is 0 Å². The van der Waals surface area contributed by atoms with E-state index in [2.05, 4.69) is 5.32 Å². The Labute approximate surface area is 121 Å². The van der Waals surface area contributed by atoms with Crippen molar-refractivity contribution in [3.05, 3.63) is 57.5 Å². The number of nitrogens with two attached hydrogens (primary N) is 1. The first-order chi connectivity index (χ1) is 9.47. The number of rotatable bonds is 3. The summed E-state index contributed by atoms with van der Waals surface area (Å²) >= 11 is 5.80. The van der Waals surface area contributed by atoms with E-state index in [0.717, 1.165) is 0 Å². The summed E-state index contributed by atoms with van der Waals surface area (Å²) in [6.45, 7) is 1.65. The van der Waals surface area contributed by atoms with Gasteiger partial charge in [0.05, 0.1) is 10.7 Å². The van der Waals surface area contributed by atoms with Crippen LogP contribution in [-0.2, 0) is 11.3 Å². The van der Waals surface area contributed by atoms with Gasteiger partial charge in [-0.2, -0.15) is 0 Å². The van der Waals surface area contributed by atoms with E-state index in [4.69, 9.17) is 17.3 Å². The summed E-state index contributed by atoms with van der Waals surface area (Å²) in [6.07, 6.45) is 1.57. The molecule has 104 valence electrons. The third kappa shape index (κ3) is 3.19. The maximum absolute atomic E-state index is 11.9. The Hall–Kier alpha value is -2.27. The molecule has 0 fully saturated rings. The molecule has 1 amide bonds. The fraction of sp³-hybridized carbons (Fsp3) is 0.143. The average molecular weight is 292 g/mol. The summed E-state index contributed by atoms with van der Waals surface area (Å²) in [7, 11) is 0. The van der Waals surface area contributed by atoms with Crippen LogP contribution >= 0.6 is 11.6 Å². The Morgan fingerprint density at radius 1 is 1.40 bits per heavy atom. The molecule has 2 rings (SSSR count). The quantitative estimate of drug-likeness (QED) is 0.850. The molecule has 0 saturated heterocycles. The Balaban J connectivity index is 2.11. The van der Waals surface area contributed by atoms with Crippen molar-refractivity contribution >= 4 is 28.9 Å². The lowest BCUT2D eigenvalue weighted by Crippen LogP contribution is -2.28. The van der Waals surface area contributed by atoms with Crippen molar-refractivity contribution in [1.82, 2.24) is 4.57 Å². The van der Waals surface area contributed by atoms with Crippen molar-refractivity contribution in [3.8, 4) is 0 Å². The monoisotopic (exact) mass is 291 g/mol. The van der Waals surface area contributed by atoms with Crippen LogP contribution < -0.4 is 16.6 Å². The number of halogens is 1. The van der Waals surface area contributed by atoms with Crippen LogP contribution in [0.5, 0.6) is 0 Å². The van der Waals surface area contributed by atoms with Crippen LogP contribution in [0, 0.1) is 6.92 Å². The molecule has 6 heteroatoms. The van der Waals surface area contributed by atoms with Crippen LogP contribution in [0.3, 0.4) is 0 Å². The van der Waals surface area contributed by atoms with Crippen molar-refractivity contribution < 1.29 is 4.79 Å². The summed E-state index contributed by atoms with van der Waals surface area (Å²) in [5.74, 6) is -0.306. The van der Waals surface area contributed by atoms with Crippen molar-refractivity contribution in [2.45, 2.75) is 13.5 Å². The van der Waals surface area contributed by atoms with Crippen LogP contribution in [0.2, 0.25) is 5.02 Å². The molecule has 0 bridgehead atoms. The summed E-state index contributed by atoms with van der Waals surface area (Å²) in [5.41, 5.74) is 6.99. The number of aromatic nitrogens is 1. The van der Waals surface area contributed by atoms with Crippen LogP contribution in [0.25, 0.3) is 0 Å². The van der Waals surface area contributed by atoms with E-state index >= 15 is 0 Å². The lowest BCUT2D eigenvalue weighted by Gasteiger charge is -2.09. The largest absolute Gasteiger partial charge is 0.397 e. The van der Waals surface area contributed by atoms with E-state index in [1.54, 1.807) is 43.5 Å². The van der Waals surface area contributed by atoms with Gasteiger partial charge in [0.1, 0.15) is 6.54 Å². The van der Waals surface area contributed by atoms with Gasteiger partial charge in [-0.1, -0.05) is 17.7 Å². The molecule has 0 unspecified atom stereocenters. The van der Waals surface area contributed by atoms with Crippen LogP contribution in [0.1, 0.15) is 5.56 Å². The molecule has 20 heavy (non-hydrogen) atoms. The zero-order valence-corrected chi connectivity index (χ0v) is 11.6. The summed E-state index contributed by atoms with van der Waals surface area (Å²) < 4.78 is 1.35. The molecule has 0 aliphatic heterocycles. The standard InChI is InChI=1S/C14H14ClN3O2/c1-9-3-2-6-18(14(9)20)8-13(19)17-10-4-5-11(15)12(16)7-10/h2-7H,8,16H2,1H3,(H,17,19). The van der Waals surface area contributed by atoms with Gasteiger partial charge in [0.2, 0.25) is 5.91 Å². The van der Waals surface area contributed by atoms with E-state index in [-0.39, 0.29) is 18.0 Å². The molecule has 0 radical (unpaired) electrons. The highest BCUT2D eigenvalue weighted by molar-refractivity contribution is 6.33. The van der Waals surface area contributed by atoms with Crippen molar-refractivity contribution in [2.75, 3.05) is 11.1 Å². The average Bonchev–Trinajstić information content (AvgIpc) is 2.39. The van der Waals surface area contributed by atoms with Gasteiger partial charge in [-0.25, -0.2) is 0 Å². The van der Waals surface area contributed by atoms with Gasteiger partial charge in [0.25, 0.3) is 5.56 Å². The van der Waals surface area contributed by atoms with Crippen LogP contribution in [0.15, 0.2) is 41.3 Å². The minimum Gasteiger partial charge on any atom is -0.397 e. The maximum atomic E-state index is 11.9. The highest BCUT2D eigenvalue weighted by Crippen LogP contribution is 2.22. The smallest absolute Gasteiger partial charge is 0.253 e. The number of hydrogen-bond acceptors (Lipinski definition) is 3. The number of pyridine rings is 1. The third-order valence-electron chi connectivity index (χ3n) is 2.80. The summed E-state index contributed by atoms with van der Waals surface area (Å²) in [5, 5.41) is 3.10. The molecule has 3 N–H and O–H groups in total. The molecular weight excluding hydrogens is 278 g/mol. The molecule has 2 aromatic rings. The number of anilines is 2. The topological polar surface area (TPSA) is 77.1 Å². The molecule has 0 aliphatic rings. The number of nitrogen functional groups attached to an aromatic ring is 1. The number of carbonyl (C=O) groups is 1. The Morgan fingerprint density at radius 3 is 2.85 bits per heavy atom. The van der Waals surface area contributed by atoms with Gasteiger partial charge in [-0.15, -0.1) is 0 Å². The Morgan fingerprint density at radius 2 is 2.15 bits per heavy atom. The molecule has 0 aliphatic carbocycles. The SMILES string of the molecule is Cc1cccn(CC(=O)Nc2ccc(Cl)c(N)c2)c1=O. The van der Waals surface area contributed by atoms with E-state index in [0.29, 0.717) is 22.0 Å². The molecule has 0 spiro atoms. The second-order valence-electron chi connectivity index (χ2n) is 4.41. The van der Waals surface area contributed by atoms with Crippen molar-refractivity contribution in [1.29, 1.82) is 0 Å². The van der Waals surface area contributed by atoms with E-state index in [1.807, 2.05) is 0 Å². The number of benzene rings is 1. The van der Waals surface area contributed by atoms with Gasteiger partial charge < -0.3 is 15.6 Å². The minimum atomic E-state index is -0.306. The zero-order valence-electron chi connectivity index (χ0n) is 10.9. The highest BCUT2D eigenvalue weighted by Gasteiger charge is 2.07. The zero-order chi connectivity index (χ0) is 14.7. The summed E-state index contributed by atoms with van der Waals surface area (Å²) in [4.78, 5) is 23.7. The van der Waals surface area contributed by atoms with Gasteiger partial charge >= 0.3 is 0 Å². The second kappa shape index (κ2) is 5.79. The Kier molecular flexibility index (Phi) is 4.10. The fourth-order valence-electron chi connectivity index (χ4n) is 1.76. The van der Waals surface area contributed by atoms with Crippen molar-refractivity contribution in [2.24, 2.45) is 0 Å². The predicted molar refractivity (Wildman–Crippen MR) is 79.9 cm³/mol. The first-order valence-corrected chi connectivity index (χ1v) is 6.36. The minimum absolute atomic E-state index is 0.0525. The van der Waals surface area contributed by atoms with E-state index in [9.17, 15) is 9.59 Å². The molecule has 1 aromatic heterocycles. The lowest BCUT2D eigenvalue weighted by molar-refractivity contribution is -0.116. The molecule has 0 atom stereocenters. The van der Waals surface area contributed by atoms with E-state index in [1.165, 1.54) is 4.57 Å². The second-order valence-corrected chi connectivity index (χ2v) is 4.82. The Bertz CT molecular complexity index is 710. The first kappa shape index (κ1) is 14.1. The van der Waals surface area contributed by atoms with Gasteiger partial charge in [0, 0.05) is 17.4 Å². The van der Waals surface area contributed by atoms with Crippen LogP contribution in [0.4, 0.5) is 11.4 Å². The normalized spacial score (nSPS) is 10.3. The summed E-state index contributed by atoms with van der Waals surface area (Å²) in [6, 6.07) is 8.25. The maximum Gasteiger partial charge on any atom is 0.253 e. The van der Waals surface area contributed by atoms with Gasteiger partial charge in [0.15, 0.2) is 0 Å². The molecule has 1 aromatic carbocycles. The number of nitrogens with one attached hydrogen (secondary N) is 1. The first-order valence-electron chi connectivity index (χ1n) is 5.98. The fourth-order valence-corrected chi connectivity index (χ4v) is 1.88. The van der Waals surface area contributed by atoms with Gasteiger partial charge in [-0.05, 0) is 31.2 Å². The number of hydrogen-bond donors (Lipinski definition) is 2. The predicted octanol–water partition coefficient (Wildman–Crippen LogP) is 2.03. The lowest BCUT2D eigenvalue weighted by atomic mass is 10.2. The van der Waals surface area contributed by atoms with Crippen LogP contribution in [-0.4, -0.2) is 10.5 Å².